The summed E-state index contributed by atoms with van der Waals surface area (Å²) in [6.07, 6.45) is 0. The standard InChI is InChI=1S/C18H16ClF2N3OS.ClH/c1-23(2)7-8-24(17(25)13-5-4-12(20)10-14(13)21)18-22-15-6-3-11(19)9-16(15)26-18;/h3-6,9-10H,7-8H2,1-2H3;1H. The summed E-state index contributed by atoms with van der Waals surface area (Å²) in [5.41, 5.74) is 0.513. The number of fused-ring (bicyclic) bond motifs is 1. The summed E-state index contributed by atoms with van der Waals surface area (Å²) in [5.74, 6) is -2.18. The van der Waals surface area contributed by atoms with Crippen molar-refractivity contribution in [3.8, 4) is 0 Å². The quantitative estimate of drug-likeness (QED) is 0.578. The van der Waals surface area contributed by atoms with E-state index in [0.29, 0.717) is 34.8 Å². The van der Waals surface area contributed by atoms with E-state index in [2.05, 4.69) is 4.98 Å². The van der Waals surface area contributed by atoms with Crippen molar-refractivity contribution < 1.29 is 13.6 Å². The van der Waals surface area contributed by atoms with Gasteiger partial charge >= 0.3 is 0 Å². The zero-order chi connectivity index (χ0) is 18.8. The third-order valence-electron chi connectivity index (χ3n) is 3.75. The topological polar surface area (TPSA) is 36.4 Å². The first-order valence-electron chi connectivity index (χ1n) is 7.83. The minimum Gasteiger partial charge on any atom is -0.308 e. The van der Waals surface area contributed by atoms with Gasteiger partial charge in [-0.15, -0.1) is 12.4 Å². The van der Waals surface area contributed by atoms with Crippen LogP contribution in [0.1, 0.15) is 10.4 Å². The maximum absolute atomic E-state index is 14.1. The van der Waals surface area contributed by atoms with Crippen molar-refractivity contribution in [2.45, 2.75) is 0 Å². The summed E-state index contributed by atoms with van der Waals surface area (Å²) >= 11 is 7.31. The van der Waals surface area contributed by atoms with Crippen molar-refractivity contribution in [2.75, 3.05) is 32.1 Å². The molecule has 0 N–H and O–H groups in total. The number of carbonyl (C=O) groups is 1. The van der Waals surface area contributed by atoms with Crippen LogP contribution in [0.15, 0.2) is 36.4 Å². The number of carbonyl (C=O) groups excluding carboxylic acids is 1. The fourth-order valence-electron chi connectivity index (χ4n) is 2.39. The van der Waals surface area contributed by atoms with Gasteiger partial charge in [0, 0.05) is 24.2 Å². The Bertz CT molecular complexity index is 965. The molecule has 0 unspecified atom stereocenters. The Kier molecular flexibility index (Phi) is 7.11. The van der Waals surface area contributed by atoms with Crippen LogP contribution < -0.4 is 4.90 Å². The predicted molar refractivity (Wildman–Crippen MR) is 108 cm³/mol. The van der Waals surface area contributed by atoms with Crippen LogP contribution in [0, 0.1) is 11.6 Å². The first kappa shape index (κ1) is 21.5. The molecule has 9 heteroatoms. The van der Waals surface area contributed by atoms with Crippen LogP contribution in [-0.4, -0.2) is 43.0 Å². The van der Waals surface area contributed by atoms with Gasteiger partial charge in [-0.25, -0.2) is 13.8 Å². The van der Waals surface area contributed by atoms with E-state index in [0.717, 1.165) is 16.8 Å². The molecule has 0 spiro atoms. The van der Waals surface area contributed by atoms with Gasteiger partial charge in [-0.2, -0.15) is 0 Å². The lowest BCUT2D eigenvalue weighted by Crippen LogP contribution is -2.37. The van der Waals surface area contributed by atoms with E-state index in [1.165, 1.54) is 16.2 Å². The number of hydrogen-bond donors (Lipinski definition) is 0. The summed E-state index contributed by atoms with van der Waals surface area (Å²) in [6, 6.07) is 8.18. The number of halogens is 4. The average Bonchev–Trinajstić information content (AvgIpc) is 2.97. The number of nitrogens with zero attached hydrogens (tertiary/aromatic N) is 3. The van der Waals surface area contributed by atoms with E-state index in [4.69, 9.17) is 11.6 Å². The zero-order valence-electron chi connectivity index (χ0n) is 14.6. The highest BCUT2D eigenvalue weighted by Crippen LogP contribution is 2.31. The Labute approximate surface area is 170 Å². The zero-order valence-corrected chi connectivity index (χ0v) is 17.0. The summed E-state index contributed by atoms with van der Waals surface area (Å²) < 4.78 is 28.1. The Morgan fingerprint density at radius 2 is 1.89 bits per heavy atom. The van der Waals surface area contributed by atoms with E-state index in [1.807, 2.05) is 19.0 Å². The number of amides is 1. The number of likely N-dealkylation sites (N-methyl/N-ethyl adjacent to an activating group) is 1. The average molecular weight is 432 g/mol. The number of aromatic nitrogens is 1. The third-order valence-corrected chi connectivity index (χ3v) is 5.02. The van der Waals surface area contributed by atoms with Crippen LogP contribution >= 0.6 is 35.3 Å². The molecule has 0 saturated heterocycles. The van der Waals surface area contributed by atoms with E-state index in [9.17, 15) is 13.6 Å². The van der Waals surface area contributed by atoms with Gasteiger partial charge in [0.25, 0.3) is 5.91 Å². The maximum Gasteiger partial charge on any atom is 0.263 e. The molecular weight excluding hydrogens is 415 g/mol. The normalized spacial score (nSPS) is 10.9. The molecule has 2 aromatic carbocycles. The van der Waals surface area contributed by atoms with Gasteiger partial charge in [0.2, 0.25) is 0 Å². The predicted octanol–water partition coefficient (Wildman–Crippen LogP) is 4.86. The summed E-state index contributed by atoms with van der Waals surface area (Å²) in [5, 5.41) is 1.02. The first-order chi connectivity index (χ1) is 12.3. The summed E-state index contributed by atoms with van der Waals surface area (Å²) in [7, 11) is 3.75. The summed E-state index contributed by atoms with van der Waals surface area (Å²) in [6.45, 7) is 0.876. The van der Waals surface area contributed by atoms with Crippen molar-refractivity contribution in [3.63, 3.8) is 0 Å². The van der Waals surface area contributed by atoms with E-state index in [-0.39, 0.29) is 18.0 Å². The highest BCUT2D eigenvalue weighted by molar-refractivity contribution is 7.22. The van der Waals surface area contributed by atoms with Crippen LogP contribution in [0.4, 0.5) is 13.9 Å². The van der Waals surface area contributed by atoms with Crippen molar-refractivity contribution >= 4 is 56.6 Å². The molecule has 1 heterocycles. The molecule has 0 atom stereocenters. The molecule has 0 aliphatic heterocycles. The highest BCUT2D eigenvalue weighted by atomic mass is 35.5. The van der Waals surface area contributed by atoms with Gasteiger partial charge < -0.3 is 4.90 Å². The van der Waals surface area contributed by atoms with E-state index >= 15 is 0 Å². The molecule has 0 radical (unpaired) electrons. The number of anilines is 1. The van der Waals surface area contributed by atoms with Crippen LogP contribution in [0.25, 0.3) is 10.2 Å². The molecule has 1 amide bonds. The summed E-state index contributed by atoms with van der Waals surface area (Å²) in [4.78, 5) is 20.7. The molecule has 0 aliphatic carbocycles. The minimum absolute atomic E-state index is 0. The fourth-order valence-corrected chi connectivity index (χ4v) is 3.66. The molecule has 0 fully saturated rings. The molecule has 3 aromatic rings. The van der Waals surface area contributed by atoms with Crippen LogP contribution in [0.3, 0.4) is 0 Å². The highest BCUT2D eigenvalue weighted by Gasteiger charge is 2.24. The van der Waals surface area contributed by atoms with Gasteiger partial charge in [-0.05, 0) is 44.4 Å². The van der Waals surface area contributed by atoms with Crippen LogP contribution in [0.5, 0.6) is 0 Å². The number of thiazole rings is 1. The molecule has 0 aliphatic rings. The third kappa shape index (κ3) is 4.93. The van der Waals surface area contributed by atoms with E-state index in [1.54, 1.807) is 18.2 Å². The molecule has 1 aromatic heterocycles. The molecule has 144 valence electrons. The van der Waals surface area contributed by atoms with Crippen molar-refractivity contribution in [1.82, 2.24) is 9.88 Å². The minimum atomic E-state index is -0.894. The molecule has 27 heavy (non-hydrogen) atoms. The lowest BCUT2D eigenvalue weighted by molar-refractivity contribution is 0.0981. The molecule has 0 saturated carbocycles. The van der Waals surface area contributed by atoms with Gasteiger partial charge in [-0.3, -0.25) is 9.69 Å². The fraction of sp³-hybridized carbons (Fsp3) is 0.222. The molecule has 4 nitrogen and oxygen atoms in total. The lowest BCUT2D eigenvalue weighted by Gasteiger charge is -2.22. The van der Waals surface area contributed by atoms with Crippen molar-refractivity contribution in [3.05, 3.63) is 58.6 Å². The molecule has 0 bridgehead atoms. The van der Waals surface area contributed by atoms with Crippen molar-refractivity contribution in [2.24, 2.45) is 0 Å². The van der Waals surface area contributed by atoms with Crippen molar-refractivity contribution in [1.29, 1.82) is 0 Å². The van der Waals surface area contributed by atoms with Gasteiger partial charge in [0.1, 0.15) is 11.6 Å². The molecular formula is C18H17Cl2F2N3OS. The largest absolute Gasteiger partial charge is 0.308 e. The van der Waals surface area contributed by atoms with Crippen LogP contribution in [-0.2, 0) is 0 Å². The maximum atomic E-state index is 14.1. The second-order valence-corrected chi connectivity index (χ2v) is 7.44. The van der Waals surface area contributed by atoms with E-state index < -0.39 is 17.5 Å². The Hall–Kier alpha value is -1.80. The SMILES string of the molecule is CN(C)CCN(C(=O)c1ccc(F)cc1F)c1nc2ccc(Cl)cc2s1.Cl. The van der Waals surface area contributed by atoms with Gasteiger partial charge in [-0.1, -0.05) is 22.9 Å². The monoisotopic (exact) mass is 431 g/mol. The Balaban J connectivity index is 0.00000261. The smallest absolute Gasteiger partial charge is 0.263 e. The first-order valence-corrected chi connectivity index (χ1v) is 9.02. The Morgan fingerprint density at radius 3 is 2.56 bits per heavy atom. The number of benzene rings is 2. The van der Waals surface area contributed by atoms with Gasteiger partial charge in [0.05, 0.1) is 15.8 Å². The van der Waals surface area contributed by atoms with Gasteiger partial charge in [0.15, 0.2) is 5.13 Å². The second kappa shape index (κ2) is 8.93. The Morgan fingerprint density at radius 1 is 1.15 bits per heavy atom. The number of hydrogen-bond acceptors (Lipinski definition) is 4. The lowest BCUT2D eigenvalue weighted by atomic mass is 10.2. The van der Waals surface area contributed by atoms with Crippen LogP contribution in [0.2, 0.25) is 5.02 Å². The number of rotatable bonds is 5. The molecule has 3 rings (SSSR count). The second-order valence-electron chi connectivity index (χ2n) is 5.99.